The molecule has 5 nitrogen and oxygen atoms in total. The molecule has 3 rings (SSSR count). The van der Waals surface area contributed by atoms with E-state index in [0.29, 0.717) is 27.3 Å². The minimum Gasteiger partial charge on any atom is -0.301 e. The van der Waals surface area contributed by atoms with Gasteiger partial charge in [-0.05, 0) is 52.5 Å². The van der Waals surface area contributed by atoms with E-state index in [4.69, 9.17) is 0 Å². The molecule has 0 saturated carbocycles. The number of hydrogen-bond acceptors (Lipinski definition) is 5. The van der Waals surface area contributed by atoms with Crippen molar-refractivity contribution in [2.75, 3.05) is 38.0 Å². The number of nitrogens with zero attached hydrogens (tertiary/aromatic N) is 3. The van der Waals surface area contributed by atoms with Gasteiger partial charge in [0.05, 0.1) is 5.69 Å². The van der Waals surface area contributed by atoms with Crippen LogP contribution in [0.5, 0.6) is 0 Å². The smallest absolute Gasteiger partial charge is 0.257 e. The van der Waals surface area contributed by atoms with E-state index in [1.807, 2.05) is 35.7 Å². The fourth-order valence-electron chi connectivity index (χ4n) is 5.95. The van der Waals surface area contributed by atoms with Crippen molar-refractivity contribution in [2.45, 2.75) is 71.6 Å². The highest BCUT2D eigenvalue weighted by molar-refractivity contribution is 7.14. The van der Waals surface area contributed by atoms with Crippen LogP contribution in [0.15, 0.2) is 60.5 Å². The van der Waals surface area contributed by atoms with Crippen molar-refractivity contribution in [3.8, 4) is 11.5 Å². The summed E-state index contributed by atoms with van der Waals surface area (Å²) in [5.41, 5.74) is 9.61. The number of thiazole rings is 1. The highest BCUT2D eigenvalue weighted by atomic mass is 32.1. The zero-order valence-corrected chi connectivity index (χ0v) is 27.9. The topological polar surface area (TPSA) is 48.5 Å². The molecule has 0 spiro atoms. The number of anilines is 1. The van der Waals surface area contributed by atoms with Crippen molar-refractivity contribution in [2.24, 2.45) is 0 Å². The average Bonchev–Trinajstić information content (AvgIpc) is 3.41. The molecule has 0 bridgehead atoms. The molecule has 0 radical (unpaired) electrons. The molecule has 0 aliphatic carbocycles. The minimum absolute atomic E-state index is 0.162. The van der Waals surface area contributed by atoms with Gasteiger partial charge in [-0.25, -0.2) is 4.98 Å². The highest BCUT2D eigenvalue weighted by Crippen LogP contribution is 2.40. The van der Waals surface area contributed by atoms with E-state index >= 15 is 0 Å². The second kappa shape index (κ2) is 14.9. The van der Waals surface area contributed by atoms with Gasteiger partial charge in [-0.15, -0.1) is 16.9 Å². The number of hydrogen-bond donors (Lipinski definition) is 1. The van der Waals surface area contributed by atoms with Gasteiger partial charge in [-0.1, -0.05) is 85.8 Å². The lowest BCUT2D eigenvalue weighted by Gasteiger charge is -2.38. The molecule has 1 N–H and O–H groups in total. The summed E-state index contributed by atoms with van der Waals surface area (Å²) < 4.78 is 0. The molecule has 41 heavy (non-hydrogen) atoms. The number of aromatic nitrogens is 1. The zero-order valence-electron chi connectivity index (χ0n) is 26.1. The third kappa shape index (κ3) is 8.39. The number of nitrogens with one attached hydrogen (secondary N) is 1. The normalized spacial score (nSPS) is 15.2. The second-order valence-corrected chi connectivity index (χ2v) is 18.3. The van der Waals surface area contributed by atoms with Crippen LogP contribution in [-0.2, 0) is 6.54 Å². The first kappa shape index (κ1) is 32.7. The number of likely N-dealkylation sites (N-methyl/N-ethyl adjacent to an activating group) is 1. The van der Waals surface area contributed by atoms with Gasteiger partial charge in [-0.3, -0.25) is 15.0 Å². The van der Waals surface area contributed by atoms with Crippen molar-refractivity contribution in [1.29, 1.82) is 0 Å². The lowest BCUT2D eigenvalue weighted by atomic mass is 10.1. The predicted octanol–water partition coefficient (Wildman–Crippen LogP) is 7.88. The van der Waals surface area contributed by atoms with E-state index in [2.05, 4.69) is 93.2 Å². The molecule has 2 aromatic rings. The van der Waals surface area contributed by atoms with Gasteiger partial charge < -0.3 is 4.90 Å². The first-order valence-corrected chi connectivity index (χ1v) is 18.0. The van der Waals surface area contributed by atoms with Crippen LogP contribution in [0.3, 0.4) is 0 Å². The van der Waals surface area contributed by atoms with Gasteiger partial charge in [0.15, 0.2) is 5.13 Å². The standard InChI is InChI=1S/C34H48N4OSSi/c1-10-29(16-21-41(25(3)4,26(5)6)27(7)8)22-28(9)32-24-40-34(35-32)36-33(39)31-14-12-30(13-15-31)23-38-19-17-37(11-2)18-20-38/h10,12-15,22,24-27H,1,9,11,17-20,23H2,2-8H3,(H,35,36,39). The lowest BCUT2D eigenvalue weighted by molar-refractivity contribution is 0.102. The van der Waals surface area contributed by atoms with Crippen LogP contribution in [0.2, 0.25) is 16.6 Å². The van der Waals surface area contributed by atoms with Gasteiger partial charge in [-0.2, -0.15) is 0 Å². The number of benzene rings is 1. The molecule has 1 saturated heterocycles. The van der Waals surface area contributed by atoms with E-state index in [1.54, 1.807) is 6.08 Å². The van der Waals surface area contributed by atoms with Crippen molar-refractivity contribution in [3.05, 3.63) is 77.3 Å². The summed E-state index contributed by atoms with van der Waals surface area (Å²) in [5.74, 6) is 3.28. The summed E-state index contributed by atoms with van der Waals surface area (Å²) in [5, 5.41) is 5.41. The van der Waals surface area contributed by atoms with Crippen LogP contribution in [0.1, 0.15) is 70.1 Å². The van der Waals surface area contributed by atoms with Crippen LogP contribution in [0.25, 0.3) is 5.57 Å². The van der Waals surface area contributed by atoms with E-state index in [-0.39, 0.29) is 5.91 Å². The Morgan fingerprint density at radius 3 is 2.17 bits per heavy atom. The van der Waals surface area contributed by atoms with Gasteiger partial charge in [0.2, 0.25) is 0 Å². The summed E-state index contributed by atoms with van der Waals surface area (Å²) >= 11 is 1.39. The van der Waals surface area contributed by atoms with Crippen molar-refractivity contribution in [1.82, 2.24) is 14.8 Å². The molecule has 2 heterocycles. The van der Waals surface area contributed by atoms with E-state index < -0.39 is 8.07 Å². The predicted molar refractivity (Wildman–Crippen MR) is 180 cm³/mol. The van der Waals surface area contributed by atoms with Crippen LogP contribution in [0, 0.1) is 11.5 Å². The molecule has 220 valence electrons. The first-order chi connectivity index (χ1) is 19.5. The maximum absolute atomic E-state index is 12.9. The third-order valence-corrected chi connectivity index (χ3v) is 15.5. The molecule has 1 amide bonds. The Balaban J connectivity index is 1.64. The molecule has 1 aromatic carbocycles. The van der Waals surface area contributed by atoms with Crippen LogP contribution in [-0.4, -0.2) is 61.5 Å². The second-order valence-electron chi connectivity index (χ2n) is 11.9. The number of allylic oxidation sites excluding steroid dienone is 4. The molecular formula is C34H48N4OSSi. The zero-order chi connectivity index (χ0) is 30.2. The Kier molecular flexibility index (Phi) is 11.9. The molecule has 7 heteroatoms. The highest BCUT2D eigenvalue weighted by Gasteiger charge is 2.41. The Morgan fingerprint density at radius 2 is 1.63 bits per heavy atom. The van der Waals surface area contributed by atoms with Crippen LogP contribution < -0.4 is 5.32 Å². The summed E-state index contributed by atoms with van der Waals surface area (Å²) in [4.78, 5) is 22.5. The summed E-state index contributed by atoms with van der Waals surface area (Å²) in [7, 11) is -1.85. The van der Waals surface area contributed by atoms with Crippen molar-refractivity contribution in [3.63, 3.8) is 0 Å². The van der Waals surface area contributed by atoms with Crippen LogP contribution in [0.4, 0.5) is 5.13 Å². The number of amides is 1. The summed E-state index contributed by atoms with van der Waals surface area (Å²) in [6.45, 7) is 30.7. The molecule has 0 atom stereocenters. The molecular weight excluding hydrogens is 541 g/mol. The quantitative estimate of drug-likeness (QED) is 0.165. The van der Waals surface area contributed by atoms with E-state index in [0.717, 1.165) is 56.1 Å². The number of carbonyl (C=O) groups excluding carboxylic acids is 1. The fraction of sp³-hybridized carbons (Fsp3) is 0.471. The van der Waals surface area contributed by atoms with Crippen LogP contribution >= 0.6 is 11.3 Å². The SMILES string of the molecule is C=CC(C#C[Si](C(C)C)(C(C)C)C(C)C)=CC(=C)c1csc(NC(=O)c2ccc(CN3CCN(CC)CC3)cc2)n1. The number of piperazine rings is 1. The maximum Gasteiger partial charge on any atom is 0.257 e. The Morgan fingerprint density at radius 1 is 1.05 bits per heavy atom. The number of rotatable bonds is 11. The first-order valence-electron chi connectivity index (χ1n) is 14.9. The molecule has 1 aliphatic heterocycles. The van der Waals surface area contributed by atoms with Crippen molar-refractivity contribution >= 4 is 36.0 Å². The monoisotopic (exact) mass is 588 g/mol. The Labute approximate surface area is 253 Å². The maximum atomic E-state index is 12.9. The number of carbonyl (C=O) groups is 1. The summed E-state index contributed by atoms with van der Waals surface area (Å²) in [6, 6.07) is 7.89. The van der Waals surface area contributed by atoms with Gasteiger partial charge in [0.25, 0.3) is 5.91 Å². The average molecular weight is 589 g/mol. The van der Waals surface area contributed by atoms with Gasteiger partial charge in [0, 0.05) is 49.2 Å². The third-order valence-electron chi connectivity index (χ3n) is 8.43. The molecule has 1 aromatic heterocycles. The largest absolute Gasteiger partial charge is 0.301 e. The van der Waals surface area contributed by atoms with E-state index in [9.17, 15) is 4.79 Å². The van der Waals surface area contributed by atoms with Gasteiger partial charge >= 0.3 is 0 Å². The molecule has 1 fully saturated rings. The Bertz CT molecular complexity index is 1270. The Hall–Kier alpha value is -2.76. The summed E-state index contributed by atoms with van der Waals surface area (Å²) in [6.07, 6.45) is 3.74. The fourth-order valence-corrected chi connectivity index (χ4v) is 11.9. The molecule has 0 unspecified atom stereocenters. The minimum atomic E-state index is -1.85. The van der Waals surface area contributed by atoms with E-state index in [1.165, 1.54) is 16.9 Å². The lowest BCUT2D eigenvalue weighted by Crippen LogP contribution is -2.45. The van der Waals surface area contributed by atoms with Crippen molar-refractivity contribution < 1.29 is 4.79 Å². The molecule has 1 aliphatic rings. The van der Waals surface area contributed by atoms with Gasteiger partial charge in [0.1, 0.15) is 8.07 Å².